The van der Waals surface area contributed by atoms with Gasteiger partial charge in [0.05, 0.1) is 11.1 Å². The molecule has 7 nitrogen and oxygen atoms in total. The number of carbonyl (C=O) groups excluding carboxylic acids is 2. The van der Waals surface area contributed by atoms with E-state index in [2.05, 4.69) is 5.32 Å². The van der Waals surface area contributed by atoms with Gasteiger partial charge in [-0.1, -0.05) is 23.2 Å². The summed E-state index contributed by atoms with van der Waals surface area (Å²) in [5, 5.41) is 11.8. The zero-order valence-corrected chi connectivity index (χ0v) is 12.7. The van der Waals surface area contributed by atoms with Crippen molar-refractivity contribution in [3.05, 3.63) is 28.2 Å². The lowest BCUT2D eigenvalue weighted by molar-refractivity contribution is -0.134. The summed E-state index contributed by atoms with van der Waals surface area (Å²) < 4.78 is 25.9. The molecule has 0 radical (unpaired) electrons. The second kappa shape index (κ2) is 5.80. The fourth-order valence-electron chi connectivity index (χ4n) is 1.85. The highest BCUT2D eigenvalue weighted by Crippen LogP contribution is 2.25. The molecule has 0 aromatic heterocycles. The Hall–Kier alpha value is -1.35. The molecule has 1 aliphatic rings. The second-order valence-electron chi connectivity index (χ2n) is 4.33. The molecule has 10 heteroatoms. The summed E-state index contributed by atoms with van der Waals surface area (Å²) in [6.07, 6.45) is -1.28. The molecule has 1 aromatic rings. The Kier molecular flexibility index (Phi) is 4.43. The van der Waals surface area contributed by atoms with Crippen LogP contribution in [0.1, 0.15) is 0 Å². The van der Waals surface area contributed by atoms with Crippen LogP contribution in [-0.4, -0.2) is 38.0 Å². The SMILES string of the molecule is O=C1NCC(O)C1C(=O)NS(=O)(=O)c1ccc(Cl)cc1Cl. The first kappa shape index (κ1) is 16.0. The normalized spacial score (nSPS) is 22.0. The van der Waals surface area contributed by atoms with Gasteiger partial charge in [-0.05, 0) is 18.2 Å². The number of halogens is 2. The molecule has 1 fully saturated rings. The Labute approximate surface area is 130 Å². The number of aliphatic hydroxyl groups is 1. The van der Waals surface area contributed by atoms with Gasteiger partial charge in [0.1, 0.15) is 10.8 Å². The Bertz CT molecular complexity index is 707. The van der Waals surface area contributed by atoms with Crippen LogP contribution in [-0.2, 0) is 19.6 Å². The molecule has 3 N–H and O–H groups in total. The van der Waals surface area contributed by atoms with Crippen LogP contribution in [0.5, 0.6) is 0 Å². The Balaban J connectivity index is 2.25. The van der Waals surface area contributed by atoms with Gasteiger partial charge in [0, 0.05) is 11.6 Å². The van der Waals surface area contributed by atoms with Crippen molar-refractivity contribution in [1.82, 2.24) is 10.0 Å². The van der Waals surface area contributed by atoms with Gasteiger partial charge in [0.25, 0.3) is 10.0 Å². The van der Waals surface area contributed by atoms with Crippen LogP contribution in [0, 0.1) is 5.92 Å². The predicted molar refractivity (Wildman–Crippen MR) is 74.3 cm³/mol. The average Bonchev–Trinajstić information content (AvgIpc) is 2.67. The van der Waals surface area contributed by atoms with E-state index in [1.54, 1.807) is 4.72 Å². The molecular formula is C11H10Cl2N2O5S. The first-order valence-electron chi connectivity index (χ1n) is 5.70. The minimum absolute atomic E-state index is 0.112. The molecule has 1 aromatic carbocycles. The van der Waals surface area contributed by atoms with Crippen molar-refractivity contribution >= 4 is 45.0 Å². The summed E-state index contributed by atoms with van der Waals surface area (Å²) in [5.41, 5.74) is 0. The molecule has 1 saturated heterocycles. The minimum atomic E-state index is -4.27. The smallest absolute Gasteiger partial charge is 0.265 e. The summed E-state index contributed by atoms with van der Waals surface area (Å²) in [6.45, 7) is -0.112. The van der Waals surface area contributed by atoms with Crippen molar-refractivity contribution in [3.8, 4) is 0 Å². The Morgan fingerprint density at radius 3 is 2.57 bits per heavy atom. The molecule has 1 aliphatic heterocycles. The van der Waals surface area contributed by atoms with E-state index in [-0.39, 0.29) is 21.5 Å². The molecule has 2 atom stereocenters. The van der Waals surface area contributed by atoms with Gasteiger partial charge in [-0.15, -0.1) is 0 Å². The average molecular weight is 353 g/mol. The number of hydrogen-bond acceptors (Lipinski definition) is 5. The van der Waals surface area contributed by atoms with Crippen LogP contribution >= 0.6 is 23.2 Å². The van der Waals surface area contributed by atoms with Gasteiger partial charge in [-0.25, -0.2) is 13.1 Å². The van der Waals surface area contributed by atoms with Gasteiger partial charge in [0.2, 0.25) is 11.8 Å². The molecule has 0 spiro atoms. The molecule has 2 unspecified atom stereocenters. The molecule has 114 valence electrons. The van der Waals surface area contributed by atoms with Crippen molar-refractivity contribution in [2.24, 2.45) is 5.92 Å². The number of rotatable bonds is 3. The van der Waals surface area contributed by atoms with Crippen LogP contribution in [0.15, 0.2) is 23.1 Å². The first-order valence-corrected chi connectivity index (χ1v) is 7.94. The van der Waals surface area contributed by atoms with Crippen LogP contribution in [0.3, 0.4) is 0 Å². The van der Waals surface area contributed by atoms with Gasteiger partial charge >= 0.3 is 0 Å². The zero-order valence-electron chi connectivity index (χ0n) is 10.3. The van der Waals surface area contributed by atoms with Crippen LogP contribution < -0.4 is 10.0 Å². The maximum absolute atomic E-state index is 12.1. The van der Waals surface area contributed by atoms with Crippen molar-refractivity contribution in [3.63, 3.8) is 0 Å². The van der Waals surface area contributed by atoms with Gasteiger partial charge in [0.15, 0.2) is 0 Å². The van der Waals surface area contributed by atoms with E-state index in [1.807, 2.05) is 0 Å². The fraction of sp³-hybridized carbons (Fsp3) is 0.273. The lowest BCUT2D eigenvalue weighted by Crippen LogP contribution is -2.42. The quantitative estimate of drug-likeness (QED) is 0.657. The van der Waals surface area contributed by atoms with E-state index >= 15 is 0 Å². The molecule has 0 bridgehead atoms. The summed E-state index contributed by atoms with van der Waals surface area (Å²) in [4.78, 5) is 22.9. The van der Waals surface area contributed by atoms with Gasteiger partial charge < -0.3 is 10.4 Å². The lowest BCUT2D eigenvalue weighted by Gasteiger charge is -2.13. The molecule has 1 heterocycles. The third-order valence-corrected chi connectivity index (χ3v) is 4.92. The number of nitrogens with one attached hydrogen (secondary N) is 2. The number of sulfonamides is 1. The van der Waals surface area contributed by atoms with E-state index in [0.717, 1.165) is 6.07 Å². The van der Waals surface area contributed by atoms with Crippen molar-refractivity contribution < 1.29 is 23.1 Å². The van der Waals surface area contributed by atoms with E-state index in [9.17, 15) is 23.1 Å². The highest BCUT2D eigenvalue weighted by molar-refractivity contribution is 7.90. The Morgan fingerprint density at radius 1 is 1.38 bits per heavy atom. The lowest BCUT2D eigenvalue weighted by atomic mass is 10.1. The second-order valence-corrected chi connectivity index (χ2v) is 6.83. The summed E-state index contributed by atoms with van der Waals surface area (Å²) in [6, 6.07) is 3.63. The predicted octanol–water partition coefficient (Wildman–Crippen LogP) is -0.0948. The minimum Gasteiger partial charge on any atom is -0.390 e. The fourth-order valence-corrected chi connectivity index (χ4v) is 3.62. The van der Waals surface area contributed by atoms with E-state index in [0.29, 0.717) is 0 Å². The monoisotopic (exact) mass is 352 g/mol. The van der Waals surface area contributed by atoms with E-state index in [1.165, 1.54) is 12.1 Å². The standard InChI is InChI=1S/C11H10Cl2N2O5S/c12-5-1-2-8(6(13)3-5)21(19,20)15-11(18)9-7(16)4-14-10(9)17/h1-3,7,9,16H,4H2,(H,14,17)(H,15,18). The van der Waals surface area contributed by atoms with Crippen LogP contribution in [0.25, 0.3) is 0 Å². The van der Waals surface area contributed by atoms with Crippen molar-refractivity contribution in [1.29, 1.82) is 0 Å². The molecule has 0 aliphatic carbocycles. The number of benzene rings is 1. The summed E-state index contributed by atoms with van der Waals surface area (Å²) in [5.74, 6) is -3.34. The maximum atomic E-state index is 12.1. The van der Waals surface area contributed by atoms with Crippen LogP contribution in [0.2, 0.25) is 10.0 Å². The largest absolute Gasteiger partial charge is 0.390 e. The van der Waals surface area contributed by atoms with Gasteiger partial charge in [-0.2, -0.15) is 0 Å². The zero-order chi connectivity index (χ0) is 15.8. The highest BCUT2D eigenvalue weighted by Gasteiger charge is 2.40. The number of aliphatic hydroxyl groups excluding tert-OH is 1. The summed E-state index contributed by atoms with van der Waals surface area (Å²) in [7, 11) is -4.27. The Morgan fingerprint density at radius 2 is 2.05 bits per heavy atom. The maximum Gasteiger partial charge on any atom is 0.265 e. The highest BCUT2D eigenvalue weighted by atomic mass is 35.5. The molecule has 2 amide bonds. The third kappa shape index (κ3) is 3.29. The van der Waals surface area contributed by atoms with Crippen molar-refractivity contribution in [2.45, 2.75) is 11.0 Å². The van der Waals surface area contributed by atoms with Crippen LogP contribution in [0.4, 0.5) is 0 Å². The summed E-state index contributed by atoms with van der Waals surface area (Å²) >= 11 is 11.4. The van der Waals surface area contributed by atoms with Crippen molar-refractivity contribution in [2.75, 3.05) is 6.54 Å². The number of amides is 2. The number of β-amino-alcohol motifs (C(OH)–C–C–N with tert-alkyl or cyclic N) is 1. The van der Waals surface area contributed by atoms with Gasteiger partial charge in [-0.3, -0.25) is 9.59 Å². The number of hydrogen-bond donors (Lipinski definition) is 3. The first-order chi connectivity index (χ1) is 9.72. The van der Waals surface area contributed by atoms with E-state index < -0.39 is 33.9 Å². The third-order valence-electron chi connectivity index (χ3n) is 2.85. The molecule has 21 heavy (non-hydrogen) atoms. The molecule has 2 rings (SSSR count). The molecular weight excluding hydrogens is 343 g/mol. The topological polar surface area (TPSA) is 113 Å². The van der Waals surface area contributed by atoms with E-state index in [4.69, 9.17) is 23.2 Å². The number of carbonyl (C=O) groups is 2. The molecule has 0 saturated carbocycles.